The van der Waals surface area contributed by atoms with Gasteiger partial charge < -0.3 is 20.1 Å². The number of carboxylic acids is 1. The quantitative estimate of drug-likeness (QED) is 0.616. The Labute approximate surface area is 200 Å². The molecule has 4 rings (SSSR count). The molecule has 7 heteroatoms. The molecule has 34 heavy (non-hydrogen) atoms. The van der Waals surface area contributed by atoms with Crippen molar-refractivity contribution < 1.29 is 24.2 Å². The van der Waals surface area contributed by atoms with Crippen molar-refractivity contribution in [1.82, 2.24) is 10.2 Å². The van der Waals surface area contributed by atoms with Gasteiger partial charge >= 0.3 is 12.1 Å². The summed E-state index contributed by atoms with van der Waals surface area (Å²) in [6.07, 6.45) is -0.540. The van der Waals surface area contributed by atoms with Gasteiger partial charge in [0.05, 0.1) is 11.8 Å². The predicted octanol–water partition coefficient (Wildman–Crippen LogP) is 3.98. The summed E-state index contributed by atoms with van der Waals surface area (Å²) in [5, 5.41) is 11.9. The van der Waals surface area contributed by atoms with Crippen LogP contribution in [-0.2, 0) is 14.3 Å². The summed E-state index contributed by atoms with van der Waals surface area (Å²) in [5.41, 5.74) is 4.63. The van der Waals surface area contributed by atoms with Gasteiger partial charge in [-0.15, -0.1) is 0 Å². The normalized spacial score (nSPS) is 16.9. The molecule has 1 aliphatic carbocycles. The minimum Gasteiger partial charge on any atom is -0.481 e. The van der Waals surface area contributed by atoms with E-state index in [2.05, 4.69) is 29.6 Å². The second kappa shape index (κ2) is 9.87. The molecule has 2 atom stereocenters. The lowest BCUT2D eigenvalue weighted by Crippen LogP contribution is -2.56. The first-order valence-electron chi connectivity index (χ1n) is 11.9. The summed E-state index contributed by atoms with van der Waals surface area (Å²) < 4.78 is 5.59. The molecule has 2 unspecified atom stereocenters. The Kier molecular flexibility index (Phi) is 6.91. The number of aliphatic carboxylic acids is 1. The van der Waals surface area contributed by atoms with Crippen molar-refractivity contribution >= 4 is 18.0 Å². The highest BCUT2D eigenvalue weighted by Gasteiger charge is 2.40. The van der Waals surface area contributed by atoms with Crippen molar-refractivity contribution in [2.75, 3.05) is 26.2 Å². The molecule has 0 bridgehead atoms. The molecule has 2 N–H and O–H groups in total. The fourth-order valence-corrected chi connectivity index (χ4v) is 4.90. The van der Waals surface area contributed by atoms with E-state index in [1.807, 2.05) is 38.1 Å². The largest absolute Gasteiger partial charge is 0.481 e. The zero-order valence-electron chi connectivity index (χ0n) is 19.9. The summed E-state index contributed by atoms with van der Waals surface area (Å²) in [6.45, 7) is 6.86. The van der Waals surface area contributed by atoms with Gasteiger partial charge in [-0.25, -0.2) is 4.79 Å². The van der Waals surface area contributed by atoms with Gasteiger partial charge in [-0.3, -0.25) is 9.59 Å². The molecule has 1 aliphatic heterocycles. The van der Waals surface area contributed by atoms with Gasteiger partial charge in [0.15, 0.2) is 0 Å². The molecule has 2 aliphatic rings. The Morgan fingerprint density at radius 1 is 1.00 bits per heavy atom. The maximum absolute atomic E-state index is 12.9. The Bertz CT molecular complexity index is 1030. The van der Waals surface area contributed by atoms with E-state index in [1.165, 1.54) is 11.1 Å². The second-order valence-electron chi connectivity index (χ2n) is 9.69. The molecule has 0 aromatic heterocycles. The molecule has 1 saturated heterocycles. The van der Waals surface area contributed by atoms with E-state index in [-0.39, 0.29) is 42.7 Å². The van der Waals surface area contributed by atoms with Gasteiger partial charge in [0.25, 0.3) is 0 Å². The van der Waals surface area contributed by atoms with Crippen molar-refractivity contribution in [1.29, 1.82) is 0 Å². The zero-order valence-corrected chi connectivity index (χ0v) is 19.9. The summed E-state index contributed by atoms with van der Waals surface area (Å²) in [5.74, 6) is -1.77. The van der Waals surface area contributed by atoms with Gasteiger partial charge in [0.1, 0.15) is 6.61 Å². The van der Waals surface area contributed by atoms with E-state index >= 15 is 0 Å². The fraction of sp³-hybridized carbons (Fsp3) is 0.444. The summed E-state index contributed by atoms with van der Waals surface area (Å²) in [7, 11) is 0. The Morgan fingerprint density at radius 2 is 1.56 bits per heavy atom. The number of fused-ring (bicyclic) bond motifs is 3. The van der Waals surface area contributed by atoms with Crippen LogP contribution in [0.1, 0.15) is 37.8 Å². The fourth-order valence-electron chi connectivity index (χ4n) is 4.90. The molecule has 2 aromatic rings. The molecule has 1 heterocycles. The van der Waals surface area contributed by atoms with Crippen LogP contribution >= 0.6 is 0 Å². The highest BCUT2D eigenvalue weighted by Crippen LogP contribution is 2.44. The molecule has 7 nitrogen and oxygen atoms in total. The third-order valence-corrected chi connectivity index (χ3v) is 7.25. The summed E-state index contributed by atoms with van der Waals surface area (Å²) in [6, 6.07) is 16.3. The Hall–Kier alpha value is -3.35. The van der Waals surface area contributed by atoms with Crippen LogP contribution in [0, 0.1) is 23.7 Å². The molecular formula is C27H32N2O5. The maximum Gasteiger partial charge on any atom is 0.407 e. The van der Waals surface area contributed by atoms with E-state index in [9.17, 15) is 14.4 Å². The van der Waals surface area contributed by atoms with Crippen LogP contribution in [0.2, 0.25) is 0 Å². The monoisotopic (exact) mass is 464 g/mol. The average Bonchev–Trinajstić information content (AvgIpc) is 3.10. The molecule has 0 saturated carbocycles. The zero-order chi connectivity index (χ0) is 24.4. The van der Waals surface area contributed by atoms with Crippen LogP contribution < -0.4 is 5.32 Å². The lowest BCUT2D eigenvalue weighted by atomic mass is 9.84. The van der Waals surface area contributed by atoms with Gasteiger partial charge in [0.2, 0.25) is 5.91 Å². The van der Waals surface area contributed by atoms with Crippen LogP contribution in [0.4, 0.5) is 4.79 Å². The van der Waals surface area contributed by atoms with Crippen LogP contribution in [-0.4, -0.2) is 54.2 Å². The van der Waals surface area contributed by atoms with Gasteiger partial charge in [0, 0.05) is 31.5 Å². The number of carbonyl (C=O) groups is 3. The highest BCUT2D eigenvalue weighted by atomic mass is 16.5. The van der Waals surface area contributed by atoms with Crippen molar-refractivity contribution in [3.63, 3.8) is 0 Å². The molecule has 0 spiro atoms. The smallest absolute Gasteiger partial charge is 0.407 e. The Morgan fingerprint density at radius 3 is 2.09 bits per heavy atom. The maximum atomic E-state index is 12.9. The van der Waals surface area contributed by atoms with Crippen LogP contribution in [0.25, 0.3) is 11.1 Å². The van der Waals surface area contributed by atoms with E-state index < -0.39 is 18.0 Å². The number of nitrogens with zero attached hydrogens (tertiary/aromatic N) is 1. The predicted molar refractivity (Wildman–Crippen MR) is 128 cm³/mol. The number of alkyl carbamates (subject to hydrolysis) is 1. The van der Waals surface area contributed by atoms with Crippen molar-refractivity contribution in [3.05, 3.63) is 59.7 Å². The van der Waals surface area contributed by atoms with E-state index in [4.69, 9.17) is 9.84 Å². The summed E-state index contributed by atoms with van der Waals surface area (Å²) in [4.78, 5) is 38.3. The minimum absolute atomic E-state index is 0.0186. The molecule has 2 aromatic carbocycles. The molecule has 2 amide bonds. The number of benzene rings is 2. The van der Waals surface area contributed by atoms with Crippen LogP contribution in [0.15, 0.2) is 48.5 Å². The first kappa shape index (κ1) is 23.8. The number of carboxylic acid groups (broad SMARTS) is 1. The van der Waals surface area contributed by atoms with Crippen molar-refractivity contribution in [2.24, 2.45) is 23.7 Å². The number of hydrogen-bond acceptors (Lipinski definition) is 4. The molecule has 0 radical (unpaired) electrons. The summed E-state index contributed by atoms with van der Waals surface area (Å²) >= 11 is 0. The Balaban J connectivity index is 1.31. The van der Waals surface area contributed by atoms with E-state index in [0.717, 1.165) is 11.1 Å². The molecule has 1 fully saturated rings. The van der Waals surface area contributed by atoms with Crippen LogP contribution in [0.3, 0.4) is 0 Å². The highest BCUT2D eigenvalue weighted by molar-refractivity contribution is 5.82. The van der Waals surface area contributed by atoms with E-state index in [0.29, 0.717) is 13.1 Å². The lowest BCUT2D eigenvalue weighted by Gasteiger charge is -2.43. The van der Waals surface area contributed by atoms with Crippen molar-refractivity contribution in [2.45, 2.75) is 26.7 Å². The number of amides is 2. The topological polar surface area (TPSA) is 95.9 Å². The lowest BCUT2D eigenvalue weighted by molar-refractivity contribution is -0.153. The number of ether oxygens (including phenoxy) is 1. The van der Waals surface area contributed by atoms with E-state index in [1.54, 1.807) is 11.8 Å². The van der Waals surface area contributed by atoms with Crippen LogP contribution in [0.5, 0.6) is 0 Å². The molecule has 180 valence electrons. The van der Waals surface area contributed by atoms with Crippen molar-refractivity contribution in [3.8, 4) is 11.1 Å². The van der Waals surface area contributed by atoms with Gasteiger partial charge in [-0.2, -0.15) is 0 Å². The minimum atomic E-state index is -0.838. The average molecular weight is 465 g/mol. The van der Waals surface area contributed by atoms with Gasteiger partial charge in [-0.05, 0) is 28.2 Å². The number of nitrogens with one attached hydrogen (secondary N) is 1. The number of hydrogen-bond donors (Lipinski definition) is 2. The first-order valence-corrected chi connectivity index (χ1v) is 11.9. The first-order chi connectivity index (χ1) is 16.3. The standard InChI is InChI=1S/C27H32N2O5/c1-16(2)23(25(30)29-13-18(14-29)17(3)26(31)32)12-28-27(33)34-15-24-21-10-6-4-8-19(21)20-9-5-7-11-22(20)24/h4-11,16-18,23-24H,12-15H2,1-3H3,(H,28,33)(H,31,32). The number of likely N-dealkylation sites (tertiary alicyclic amines) is 1. The number of rotatable bonds is 8. The van der Waals surface area contributed by atoms with Gasteiger partial charge in [-0.1, -0.05) is 69.3 Å². The SMILES string of the molecule is CC(C)C(CNC(=O)OCC1c2ccccc2-c2ccccc21)C(=O)N1CC(C(C)C(=O)O)C1. The number of carbonyl (C=O) groups excluding carboxylic acids is 2. The molecular weight excluding hydrogens is 432 g/mol. The third kappa shape index (κ3) is 4.65. The third-order valence-electron chi connectivity index (χ3n) is 7.25. The second-order valence-corrected chi connectivity index (χ2v) is 9.69.